The summed E-state index contributed by atoms with van der Waals surface area (Å²) in [4.78, 5) is 29.3. The Morgan fingerprint density at radius 1 is 0.975 bits per heavy atom. The quantitative estimate of drug-likeness (QED) is 0.291. The largest absolute Gasteiger partial charge is 0.352 e. The summed E-state index contributed by atoms with van der Waals surface area (Å²) in [5.41, 5.74) is 2.79. The number of rotatable bonds is 12. The van der Waals surface area contributed by atoms with Gasteiger partial charge in [0, 0.05) is 24.0 Å². The summed E-state index contributed by atoms with van der Waals surface area (Å²) < 4.78 is 26.8. The number of carbonyl (C=O) groups is 2. The lowest BCUT2D eigenvalue weighted by molar-refractivity contribution is -0.140. The monoisotopic (exact) mass is 603 g/mol. The van der Waals surface area contributed by atoms with E-state index in [1.54, 1.807) is 0 Å². The third kappa shape index (κ3) is 8.46. The summed E-state index contributed by atoms with van der Waals surface area (Å²) in [5, 5.41) is 3.44. The van der Waals surface area contributed by atoms with Gasteiger partial charge in [0.15, 0.2) is 0 Å². The van der Waals surface area contributed by atoms with E-state index in [0.717, 1.165) is 27.3 Å². The predicted octanol–water partition coefficient (Wildman–Crippen LogP) is 5.62. The first kappa shape index (κ1) is 31.5. The van der Waals surface area contributed by atoms with Crippen LogP contribution in [0.15, 0.2) is 72.8 Å². The van der Waals surface area contributed by atoms with Crippen LogP contribution in [-0.4, -0.2) is 50.0 Å². The van der Waals surface area contributed by atoms with Gasteiger partial charge in [0.2, 0.25) is 21.8 Å². The Hall–Kier alpha value is -3.07. The van der Waals surface area contributed by atoms with Crippen molar-refractivity contribution in [2.45, 2.75) is 52.2 Å². The molecule has 0 saturated carbocycles. The molecule has 40 heavy (non-hydrogen) atoms. The standard InChI is InChI=1S/C30H35Cl2N3O4S/c1-5-22(3)33-30(37)28(17-23-12-7-6-8-13-23)34(19-24-14-10-9-11-21(24)2)29(36)20-35(40(4,38)39)27-16-15-25(31)18-26(27)32/h6-16,18,22,28H,5,17,19-20H2,1-4H3,(H,33,37). The molecule has 10 heteroatoms. The van der Waals surface area contributed by atoms with Gasteiger partial charge in [-0.05, 0) is 55.2 Å². The highest BCUT2D eigenvalue weighted by molar-refractivity contribution is 7.92. The third-order valence-electron chi connectivity index (χ3n) is 6.73. The summed E-state index contributed by atoms with van der Waals surface area (Å²) in [6.07, 6.45) is 1.97. The van der Waals surface area contributed by atoms with Crippen molar-refractivity contribution < 1.29 is 18.0 Å². The molecule has 0 aliphatic heterocycles. The van der Waals surface area contributed by atoms with Crippen molar-refractivity contribution in [2.75, 3.05) is 17.1 Å². The minimum atomic E-state index is -3.93. The summed E-state index contributed by atoms with van der Waals surface area (Å²) in [5.74, 6) is -0.851. The molecule has 2 amide bonds. The fourth-order valence-electron chi connectivity index (χ4n) is 4.24. The maximum absolute atomic E-state index is 14.1. The molecule has 0 radical (unpaired) electrons. The smallest absolute Gasteiger partial charge is 0.244 e. The van der Waals surface area contributed by atoms with Crippen LogP contribution < -0.4 is 9.62 Å². The van der Waals surface area contributed by atoms with Crippen LogP contribution >= 0.6 is 23.2 Å². The van der Waals surface area contributed by atoms with Crippen molar-refractivity contribution in [2.24, 2.45) is 0 Å². The number of anilines is 1. The highest BCUT2D eigenvalue weighted by Gasteiger charge is 2.34. The fourth-order valence-corrected chi connectivity index (χ4v) is 5.67. The van der Waals surface area contributed by atoms with Gasteiger partial charge in [-0.15, -0.1) is 0 Å². The zero-order chi connectivity index (χ0) is 29.4. The molecular formula is C30H35Cl2N3O4S. The average Bonchev–Trinajstić information content (AvgIpc) is 2.90. The van der Waals surface area contributed by atoms with Gasteiger partial charge >= 0.3 is 0 Å². The Morgan fingerprint density at radius 2 is 1.62 bits per heavy atom. The van der Waals surface area contributed by atoms with Gasteiger partial charge in [-0.2, -0.15) is 0 Å². The normalized spacial score (nSPS) is 12.8. The molecule has 0 heterocycles. The van der Waals surface area contributed by atoms with Crippen molar-refractivity contribution in [1.29, 1.82) is 0 Å². The van der Waals surface area contributed by atoms with Crippen LogP contribution in [0.2, 0.25) is 10.0 Å². The second kappa shape index (κ2) is 14.0. The number of halogens is 2. The molecule has 0 saturated heterocycles. The van der Waals surface area contributed by atoms with Gasteiger partial charge in [0.05, 0.1) is 17.0 Å². The Morgan fingerprint density at radius 3 is 2.23 bits per heavy atom. The number of nitrogens with one attached hydrogen (secondary N) is 1. The van der Waals surface area contributed by atoms with E-state index < -0.39 is 28.5 Å². The molecule has 0 aliphatic rings. The van der Waals surface area contributed by atoms with E-state index >= 15 is 0 Å². The molecule has 0 spiro atoms. The summed E-state index contributed by atoms with van der Waals surface area (Å²) in [6.45, 7) is 5.36. The van der Waals surface area contributed by atoms with Crippen LogP contribution in [0.5, 0.6) is 0 Å². The van der Waals surface area contributed by atoms with Gasteiger partial charge in [-0.3, -0.25) is 13.9 Å². The van der Waals surface area contributed by atoms with Crippen molar-refractivity contribution in [1.82, 2.24) is 10.2 Å². The fraction of sp³-hybridized carbons (Fsp3) is 0.333. The van der Waals surface area contributed by atoms with Crippen molar-refractivity contribution in [3.8, 4) is 0 Å². The van der Waals surface area contributed by atoms with E-state index in [0.29, 0.717) is 11.4 Å². The maximum Gasteiger partial charge on any atom is 0.244 e. The highest BCUT2D eigenvalue weighted by Crippen LogP contribution is 2.31. The van der Waals surface area contributed by atoms with Gasteiger partial charge in [0.25, 0.3) is 0 Å². The SMILES string of the molecule is CCC(C)NC(=O)C(Cc1ccccc1)N(Cc1ccccc1C)C(=O)CN(c1ccc(Cl)cc1Cl)S(C)(=O)=O. The minimum absolute atomic E-state index is 0.0894. The molecule has 7 nitrogen and oxygen atoms in total. The van der Waals surface area contributed by atoms with E-state index in [-0.39, 0.29) is 35.6 Å². The van der Waals surface area contributed by atoms with Gasteiger partial charge < -0.3 is 10.2 Å². The molecule has 214 valence electrons. The van der Waals surface area contributed by atoms with E-state index in [1.807, 2.05) is 75.4 Å². The van der Waals surface area contributed by atoms with Gasteiger partial charge in [-0.25, -0.2) is 8.42 Å². The van der Waals surface area contributed by atoms with Gasteiger partial charge in [0.1, 0.15) is 12.6 Å². The van der Waals surface area contributed by atoms with Crippen LogP contribution in [0.4, 0.5) is 5.69 Å². The zero-order valence-electron chi connectivity index (χ0n) is 23.1. The molecular weight excluding hydrogens is 569 g/mol. The zero-order valence-corrected chi connectivity index (χ0v) is 25.4. The molecule has 3 aromatic carbocycles. The maximum atomic E-state index is 14.1. The van der Waals surface area contributed by atoms with E-state index in [1.165, 1.54) is 23.1 Å². The molecule has 0 fully saturated rings. The molecule has 0 aliphatic carbocycles. The molecule has 2 atom stereocenters. The second-order valence-electron chi connectivity index (χ2n) is 9.84. The van der Waals surface area contributed by atoms with E-state index in [4.69, 9.17) is 23.2 Å². The molecule has 3 aromatic rings. The van der Waals surface area contributed by atoms with Crippen LogP contribution in [-0.2, 0) is 32.6 Å². The summed E-state index contributed by atoms with van der Waals surface area (Å²) in [6, 6.07) is 20.4. The Labute approximate surface area is 247 Å². The lowest BCUT2D eigenvalue weighted by Gasteiger charge is -2.34. The van der Waals surface area contributed by atoms with E-state index in [2.05, 4.69) is 5.32 Å². The number of nitrogens with zero attached hydrogens (tertiary/aromatic N) is 2. The molecule has 0 bridgehead atoms. The first-order valence-electron chi connectivity index (χ1n) is 13.0. The van der Waals surface area contributed by atoms with Crippen LogP contribution in [0.1, 0.15) is 37.0 Å². The number of carbonyl (C=O) groups excluding carboxylic acids is 2. The molecule has 2 unspecified atom stereocenters. The second-order valence-corrected chi connectivity index (χ2v) is 12.6. The van der Waals surface area contributed by atoms with Crippen LogP contribution in [0.25, 0.3) is 0 Å². The Kier molecular flexibility index (Phi) is 11.0. The third-order valence-corrected chi connectivity index (χ3v) is 8.40. The molecule has 1 N–H and O–H groups in total. The number of sulfonamides is 1. The number of benzene rings is 3. The van der Waals surface area contributed by atoms with Crippen LogP contribution in [0, 0.1) is 6.92 Å². The van der Waals surface area contributed by atoms with Crippen molar-refractivity contribution in [3.63, 3.8) is 0 Å². The number of amides is 2. The summed E-state index contributed by atoms with van der Waals surface area (Å²) in [7, 11) is -3.93. The first-order valence-corrected chi connectivity index (χ1v) is 15.6. The highest BCUT2D eigenvalue weighted by atomic mass is 35.5. The number of aryl methyl sites for hydroxylation is 1. The van der Waals surface area contributed by atoms with Crippen LogP contribution in [0.3, 0.4) is 0 Å². The lowest BCUT2D eigenvalue weighted by Crippen LogP contribution is -2.54. The topological polar surface area (TPSA) is 86.8 Å². The van der Waals surface area contributed by atoms with E-state index in [9.17, 15) is 18.0 Å². The Bertz CT molecular complexity index is 1430. The average molecular weight is 605 g/mol. The number of hydrogen-bond acceptors (Lipinski definition) is 4. The Balaban J connectivity index is 2.09. The molecule has 3 rings (SSSR count). The predicted molar refractivity (Wildman–Crippen MR) is 162 cm³/mol. The minimum Gasteiger partial charge on any atom is -0.352 e. The number of hydrogen-bond donors (Lipinski definition) is 1. The van der Waals surface area contributed by atoms with Crippen molar-refractivity contribution >= 4 is 50.7 Å². The first-order chi connectivity index (χ1) is 18.9. The summed E-state index contributed by atoms with van der Waals surface area (Å²) >= 11 is 12.4. The van der Waals surface area contributed by atoms with Gasteiger partial charge in [-0.1, -0.05) is 84.7 Å². The van der Waals surface area contributed by atoms with Crippen molar-refractivity contribution in [3.05, 3.63) is 99.5 Å². The molecule has 0 aromatic heterocycles. The lowest BCUT2D eigenvalue weighted by atomic mass is 10.0.